The molecule has 0 aliphatic carbocycles. The van der Waals surface area contributed by atoms with Crippen molar-refractivity contribution < 1.29 is 22.8 Å². The van der Waals surface area contributed by atoms with E-state index >= 15 is 0 Å². The monoisotopic (exact) mass is 412 g/mol. The first-order valence-corrected chi connectivity index (χ1v) is 9.29. The van der Waals surface area contributed by atoms with Gasteiger partial charge in [-0.1, -0.05) is 48.5 Å². The highest BCUT2D eigenvalue weighted by Crippen LogP contribution is 2.19. The van der Waals surface area contributed by atoms with Gasteiger partial charge in [-0.3, -0.25) is 9.59 Å². The van der Waals surface area contributed by atoms with Gasteiger partial charge >= 0.3 is 0 Å². The van der Waals surface area contributed by atoms with Gasteiger partial charge in [-0.2, -0.15) is 0 Å². The number of amides is 2. The molecule has 3 rings (SSSR count). The summed E-state index contributed by atoms with van der Waals surface area (Å²) in [5.74, 6) is -5.76. The normalized spacial score (nSPS) is 10.5. The molecule has 0 fully saturated rings. The number of aryl methyl sites for hydroxylation is 2. The molecule has 0 aromatic heterocycles. The first kappa shape index (κ1) is 21.1. The van der Waals surface area contributed by atoms with Crippen molar-refractivity contribution in [1.82, 2.24) is 5.32 Å². The van der Waals surface area contributed by atoms with Gasteiger partial charge in [0.2, 0.25) is 5.91 Å². The molecule has 0 saturated heterocycles. The van der Waals surface area contributed by atoms with Crippen molar-refractivity contribution in [1.29, 1.82) is 0 Å². The van der Waals surface area contributed by atoms with E-state index in [1.54, 1.807) is 12.1 Å². The Labute approximate surface area is 171 Å². The van der Waals surface area contributed by atoms with Gasteiger partial charge in [-0.05, 0) is 42.2 Å². The summed E-state index contributed by atoms with van der Waals surface area (Å²) < 4.78 is 39.9. The number of rotatable bonds is 7. The SMILES string of the molecule is O=C(CNC(=O)c1ccccc1CCc1ccccc1)Nc1ccc(F)c(F)c1F. The second kappa shape index (κ2) is 9.73. The first-order valence-electron chi connectivity index (χ1n) is 9.29. The molecule has 7 heteroatoms. The summed E-state index contributed by atoms with van der Waals surface area (Å²) in [6.07, 6.45) is 1.39. The molecule has 0 aliphatic heterocycles. The van der Waals surface area contributed by atoms with Crippen LogP contribution in [0.4, 0.5) is 18.9 Å². The molecule has 3 aromatic carbocycles. The molecular weight excluding hydrogens is 393 g/mol. The van der Waals surface area contributed by atoms with Crippen LogP contribution in [0.3, 0.4) is 0 Å². The molecule has 0 radical (unpaired) electrons. The molecule has 0 spiro atoms. The van der Waals surface area contributed by atoms with Crippen LogP contribution in [0.5, 0.6) is 0 Å². The molecule has 30 heavy (non-hydrogen) atoms. The van der Waals surface area contributed by atoms with Crippen LogP contribution < -0.4 is 10.6 Å². The van der Waals surface area contributed by atoms with Crippen LogP contribution in [0.1, 0.15) is 21.5 Å². The fraction of sp³-hybridized carbons (Fsp3) is 0.130. The Hall–Kier alpha value is -3.61. The molecule has 3 aromatic rings. The molecule has 0 saturated carbocycles. The van der Waals surface area contributed by atoms with Gasteiger partial charge in [0, 0.05) is 5.56 Å². The van der Waals surface area contributed by atoms with Crippen LogP contribution in [-0.2, 0) is 17.6 Å². The third-order valence-corrected chi connectivity index (χ3v) is 4.51. The largest absolute Gasteiger partial charge is 0.343 e. The van der Waals surface area contributed by atoms with Crippen molar-refractivity contribution in [2.45, 2.75) is 12.8 Å². The first-order chi connectivity index (χ1) is 14.5. The minimum Gasteiger partial charge on any atom is -0.343 e. The molecule has 0 heterocycles. The van der Waals surface area contributed by atoms with E-state index in [0.717, 1.165) is 23.6 Å². The van der Waals surface area contributed by atoms with Gasteiger partial charge in [0.15, 0.2) is 17.5 Å². The summed E-state index contributed by atoms with van der Waals surface area (Å²) in [6.45, 7) is -0.454. The van der Waals surface area contributed by atoms with Crippen LogP contribution in [0.2, 0.25) is 0 Å². The molecule has 0 aliphatic rings. The summed E-state index contributed by atoms with van der Waals surface area (Å²) >= 11 is 0. The number of nitrogens with one attached hydrogen (secondary N) is 2. The van der Waals surface area contributed by atoms with E-state index < -0.39 is 41.5 Å². The van der Waals surface area contributed by atoms with Gasteiger partial charge < -0.3 is 10.6 Å². The molecular formula is C23H19F3N2O2. The highest BCUT2D eigenvalue weighted by Gasteiger charge is 2.16. The molecule has 0 bridgehead atoms. The van der Waals surface area contributed by atoms with Crippen molar-refractivity contribution >= 4 is 17.5 Å². The van der Waals surface area contributed by atoms with Crippen LogP contribution in [-0.4, -0.2) is 18.4 Å². The second-order valence-corrected chi connectivity index (χ2v) is 6.60. The zero-order valence-corrected chi connectivity index (χ0v) is 15.9. The average molecular weight is 412 g/mol. The molecule has 4 nitrogen and oxygen atoms in total. The Morgan fingerprint density at radius 3 is 2.23 bits per heavy atom. The van der Waals surface area contributed by atoms with Crippen LogP contribution in [0, 0.1) is 17.5 Å². The van der Waals surface area contributed by atoms with E-state index in [2.05, 4.69) is 10.6 Å². The number of hydrogen-bond acceptors (Lipinski definition) is 2. The third-order valence-electron chi connectivity index (χ3n) is 4.51. The van der Waals surface area contributed by atoms with E-state index in [4.69, 9.17) is 0 Å². The minimum atomic E-state index is -1.68. The Morgan fingerprint density at radius 1 is 0.767 bits per heavy atom. The highest BCUT2D eigenvalue weighted by molar-refractivity contribution is 6.00. The smallest absolute Gasteiger partial charge is 0.251 e. The van der Waals surface area contributed by atoms with Crippen molar-refractivity contribution in [3.8, 4) is 0 Å². The van der Waals surface area contributed by atoms with Crippen molar-refractivity contribution in [2.75, 3.05) is 11.9 Å². The Kier molecular flexibility index (Phi) is 6.85. The Morgan fingerprint density at radius 2 is 1.47 bits per heavy atom. The summed E-state index contributed by atoms with van der Waals surface area (Å²) in [4.78, 5) is 24.5. The zero-order valence-electron chi connectivity index (χ0n) is 15.9. The lowest BCUT2D eigenvalue weighted by Gasteiger charge is -2.11. The molecule has 0 atom stereocenters. The maximum atomic E-state index is 13.6. The number of anilines is 1. The predicted octanol–water partition coefficient (Wildman–Crippen LogP) is 4.26. The van der Waals surface area contributed by atoms with Crippen LogP contribution >= 0.6 is 0 Å². The lowest BCUT2D eigenvalue weighted by atomic mass is 9.99. The molecule has 0 unspecified atom stereocenters. The van der Waals surface area contributed by atoms with Gasteiger partial charge in [0.1, 0.15) is 0 Å². The van der Waals surface area contributed by atoms with E-state index in [0.29, 0.717) is 18.1 Å². The fourth-order valence-corrected chi connectivity index (χ4v) is 2.96. The van der Waals surface area contributed by atoms with Gasteiger partial charge in [-0.15, -0.1) is 0 Å². The maximum Gasteiger partial charge on any atom is 0.251 e. The predicted molar refractivity (Wildman–Crippen MR) is 108 cm³/mol. The average Bonchev–Trinajstić information content (AvgIpc) is 2.77. The Balaban J connectivity index is 1.60. The number of benzene rings is 3. The van der Waals surface area contributed by atoms with Crippen LogP contribution in [0.25, 0.3) is 0 Å². The topological polar surface area (TPSA) is 58.2 Å². The molecule has 2 N–H and O–H groups in total. The second-order valence-electron chi connectivity index (χ2n) is 6.60. The van der Waals surface area contributed by atoms with Gasteiger partial charge in [-0.25, -0.2) is 13.2 Å². The standard InChI is InChI=1S/C23H19F3N2O2/c24-18-12-13-19(22(26)21(18)25)28-20(29)14-27-23(30)17-9-5-4-8-16(17)11-10-15-6-2-1-3-7-15/h1-9,12-13H,10-11,14H2,(H,27,30)(H,28,29). The van der Waals surface area contributed by atoms with E-state index in [-0.39, 0.29) is 0 Å². The lowest BCUT2D eigenvalue weighted by Crippen LogP contribution is -2.33. The number of carbonyl (C=O) groups excluding carboxylic acids is 2. The van der Waals surface area contributed by atoms with Crippen molar-refractivity contribution in [3.63, 3.8) is 0 Å². The third kappa shape index (κ3) is 5.26. The summed E-state index contributed by atoms with van der Waals surface area (Å²) in [5.41, 5.74) is 1.89. The van der Waals surface area contributed by atoms with Crippen molar-refractivity contribution in [3.05, 3.63) is 101 Å². The number of halogens is 3. The minimum absolute atomic E-state index is 0.431. The maximum absolute atomic E-state index is 13.6. The quantitative estimate of drug-likeness (QED) is 0.570. The highest BCUT2D eigenvalue weighted by atomic mass is 19.2. The summed E-state index contributed by atoms with van der Waals surface area (Å²) in [5, 5.41) is 4.57. The van der Waals surface area contributed by atoms with E-state index in [9.17, 15) is 22.8 Å². The summed E-state index contributed by atoms with van der Waals surface area (Å²) in [6, 6.07) is 18.5. The number of hydrogen-bond donors (Lipinski definition) is 2. The van der Waals surface area contributed by atoms with Gasteiger partial charge in [0.25, 0.3) is 5.91 Å². The van der Waals surface area contributed by atoms with Gasteiger partial charge in [0.05, 0.1) is 12.2 Å². The van der Waals surface area contributed by atoms with E-state index in [1.807, 2.05) is 42.5 Å². The fourth-order valence-electron chi connectivity index (χ4n) is 2.96. The molecule has 2 amide bonds. The van der Waals surface area contributed by atoms with Crippen LogP contribution in [0.15, 0.2) is 66.7 Å². The van der Waals surface area contributed by atoms with Crippen molar-refractivity contribution in [2.24, 2.45) is 0 Å². The zero-order chi connectivity index (χ0) is 21.5. The number of carbonyl (C=O) groups is 2. The van der Waals surface area contributed by atoms with E-state index in [1.165, 1.54) is 0 Å². The molecule has 154 valence electrons. The lowest BCUT2D eigenvalue weighted by molar-refractivity contribution is -0.115. The summed E-state index contributed by atoms with van der Waals surface area (Å²) in [7, 11) is 0. The Bertz CT molecular complexity index is 1060.